The highest BCUT2D eigenvalue weighted by Crippen LogP contribution is 2.39. The quantitative estimate of drug-likeness (QED) is 0.639. The molecule has 1 aliphatic carbocycles. The molecule has 1 N–H and O–H groups in total. The first kappa shape index (κ1) is 16.7. The molecule has 1 saturated carbocycles. The zero-order chi connectivity index (χ0) is 17.9. The Balaban J connectivity index is 1.50. The topological polar surface area (TPSA) is 105 Å². The first-order chi connectivity index (χ1) is 12.0. The highest BCUT2D eigenvalue weighted by Gasteiger charge is 2.43. The highest BCUT2D eigenvalue weighted by molar-refractivity contribution is 5.89. The largest absolute Gasteiger partial charge is 0.452 e. The van der Waals surface area contributed by atoms with Gasteiger partial charge in [0, 0.05) is 12.2 Å². The molecule has 1 aromatic carbocycles. The van der Waals surface area contributed by atoms with E-state index in [-0.39, 0.29) is 11.8 Å². The summed E-state index contributed by atoms with van der Waals surface area (Å²) >= 11 is 0. The third-order valence-corrected chi connectivity index (χ3v) is 4.04. The van der Waals surface area contributed by atoms with Crippen molar-refractivity contribution < 1.29 is 18.7 Å². The van der Waals surface area contributed by atoms with Gasteiger partial charge < -0.3 is 14.5 Å². The van der Waals surface area contributed by atoms with Crippen LogP contribution in [0.4, 0.5) is 0 Å². The number of aromatic nitrogens is 1. The summed E-state index contributed by atoms with van der Waals surface area (Å²) < 4.78 is 10.3. The standard InChI is InChI=1S/C18H17N3O4/c1-18(11-19,12-6-7-12)21-15(22)10-24-17(23)9-8-16-20-13-4-2-3-5-14(13)25-16/h2-5,8-9,12H,6-7,10H2,1H3,(H,21,22)/b9-8+/t18-/m1/s1. The maximum atomic E-state index is 11.9. The van der Waals surface area contributed by atoms with Gasteiger partial charge in [-0.2, -0.15) is 5.26 Å². The van der Waals surface area contributed by atoms with E-state index >= 15 is 0 Å². The molecule has 7 nitrogen and oxygen atoms in total. The molecule has 0 saturated heterocycles. The minimum atomic E-state index is -0.905. The molecule has 0 unspecified atom stereocenters. The van der Waals surface area contributed by atoms with Crippen molar-refractivity contribution in [1.29, 1.82) is 5.26 Å². The first-order valence-electron chi connectivity index (χ1n) is 7.93. The first-order valence-corrected chi connectivity index (χ1v) is 7.93. The summed E-state index contributed by atoms with van der Waals surface area (Å²) in [7, 11) is 0. The molecule has 1 atom stereocenters. The number of hydrogen-bond acceptors (Lipinski definition) is 6. The number of fused-ring (bicyclic) bond motifs is 1. The van der Waals surface area contributed by atoms with Crippen LogP contribution in [0.5, 0.6) is 0 Å². The predicted octanol–water partition coefficient (Wildman–Crippen LogP) is 2.19. The molecule has 0 spiro atoms. The van der Waals surface area contributed by atoms with Gasteiger partial charge in [-0.25, -0.2) is 9.78 Å². The molecule has 0 radical (unpaired) electrons. The number of para-hydroxylation sites is 2. The number of hydrogen-bond donors (Lipinski definition) is 1. The third-order valence-electron chi connectivity index (χ3n) is 4.04. The lowest BCUT2D eigenvalue weighted by molar-refractivity contribution is -0.144. The Bertz CT molecular complexity index is 843. The Morgan fingerprint density at radius 3 is 2.92 bits per heavy atom. The number of ether oxygens (including phenoxy) is 1. The van der Waals surface area contributed by atoms with Crippen LogP contribution in [-0.2, 0) is 14.3 Å². The van der Waals surface area contributed by atoms with Crippen molar-refractivity contribution in [3.8, 4) is 6.07 Å². The Labute approximate surface area is 144 Å². The lowest BCUT2D eigenvalue weighted by atomic mass is 9.98. The fraction of sp³-hybridized carbons (Fsp3) is 0.333. The Hall–Kier alpha value is -3.14. The molecule has 1 aromatic heterocycles. The third kappa shape index (κ3) is 4.04. The number of nitrogens with zero attached hydrogens (tertiary/aromatic N) is 2. The number of rotatable bonds is 6. The number of benzene rings is 1. The van der Waals surface area contributed by atoms with E-state index in [1.807, 2.05) is 12.1 Å². The van der Waals surface area contributed by atoms with Crippen LogP contribution < -0.4 is 5.32 Å². The minimum Gasteiger partial charge on any atom is -0.452 e. The fourth-order valence-corrected chi connectivity index (χ4v) is 2.49. The number of nitrogens with one attached hydrogen (secondary N) is 1. The lowest BCUT2D eigenvalue weighted by Gasteiger charge is -2.22. The summed E-state index contributed by atoms with van der Waals surface area (Å²) in [5.74, 6) is -0.758. The SMILES string of the molecule is C[C@](C#N)(NC(=O)COC(=O)/C=C/c1nc2ccccc2o1)C1CC1. The van der Waals surface area contributed by atoms with E-state index in [0.717, 1.165) is 18.9 Å². The fourth-order valence-electron chi connectivity index (χ4n) is 2.49. The van der Waals surface area contributed by atoms with E-state index in [4.69, 9.17) is 9.15 Å². The van der Waals surface area contributed by atoms with Crippen LogP contribution in [-0.4, -0.2) is 29.0 Å². The van der Waals surface area contributed by atoms with Crippen LogP contribution in [0.15, 0.2) is 34.8 Å². The van der Waals surface area contributed by atoms with Crippen LogP contribution in [0.2, 0.25) is 0 Å². The Kier molecular flexibility index (Phi) is 4.52. The van der Waals surface area contributed by atoms with Gasteiger partial charge in [-0.1, -0.05) is 12.1 Å². The molecule has 1 heterocycles. The molecule has 3 rings (SSSR count). The second kappa shape index (κ2) is 6.77. The zero-order valence-electron chi connectivity index (χ0n) is 13.7. The molecule has 1 aliphatic rings. The smallest absolute Gasteiger partial charge is 0.331 e. The van der Waals surface area contributed by atoms with Crippen LogP contribution in [0.1, 0.15) is 25.7 Å². The van der Waals surface area contributed by atoms with Crippen molar-refractivity contribution in [3.63, 3.8) is 0 Å². The summed E-state index contributed by atoms with van der Waals surface area (Å²) in [4.78, 5) is 27.7. The monoisotopic (exact) mass is 339 g/mol. The summed E-state index contributed by atoms with van der Waals surface area (Å²) in [5, 5.41) is 11.8. The van der Waals surface area contributed by atoms with Crippen molar-refractivity contribution in [2.75, 3.05) is 6.61 Å². The molecule has 25 heavy (non-hydrogen) atoms. The highest BCUT2D eigenvalue weighted by atomic mass is 16.5. The van der Waals surface area contributed by atoms with E-state index in [2.05, 4.69) is 16.4 Å². The second-order valence-electron chi connectivity index (χ2n) is 6.10. The lowest BCUT2D eigenvalue weighted by Crippen LogP contribution is -2.48. The summed E-state index contributed by atoms with van der Waals surface area (Å²) in [5.41, 5.74) is 0.397. The van der Waals surface area contributed by atoms with E-state index in [1.165, 1.54) is 6.08 Å². The van der Waals surface area contributed by atoms with Crippen molar-refractivity contribution in [2.45, 2.75) is 25.3 Å². The van der Waals surface area contributed by atoms with Gasteiger partial charge in [-0.3, -0.25) is 4.79 Å². The number of amides is 1. The van der Waals surface area contributed by atoms with Crippen molar-refractivity contribution in [1.82, 2.24) is 10.3 Å². The maximum absolute atomic E-state index is 11.9. The van der Waals surface area contributed by atoms with Gasteiger partial charge in [0.25, 0.3) is 5.91 Å². The Morgan fingerprint density at radius 2 is 2.24 bits per heavy atom. The van der Waals surface area contributed by atoms with Gasteiger partial charge in [-0.05, 0) is 37.8 Å². The van der Waals surface area contributed by atoms with Gasteiger partial charge in [0.05, 0.1) is 6.07 Å². The van der Waals surface area contributed by atoms with Crippen molar-refractivity contribution in [3.05, 3.63) is 36.2 Å². The molecule has 128 valence electrons. The van der Waals surface area contributed by atoms with Crippen LogP contribution in [0, 0.1) is 17.2 Å². The molecule has 2 aromatic rings. The summed E-state index contributed by atoms with van der Waals surface area (Å²) in [6.45, 7) is 1.23. The van der Waals surface area contributed by atoms with Crippen LogP contribution in [0.3, 0.4) is 0 Å². The van der Waals surface area contributed by atoms with Gasteiger partial charge in [-0.15, -0.1) is 0 Å². The summed E-state index contributed by atoms with van der Waals surface area (Å²) in [6, 6.07) is 9.34. The summed E-state index contributed by atoms with van der Waals surface area (Å²) in [6.07, 6.45) is 4.35. The normalized spacial score (nSPS) is 16.3. The molecule has 1 fully saturated rings. The molecule has 0 aliphatic heterocycles. The van der Waals surface area contributed by atoms with Gasteiger partial charge in [0.2, 0.25) is 5.89 Å². The number of nitriles is 1. The molecular weight excluding hydrogens is 322 g/mol. The predicted molar refractivity (Wildman–Crippen MR) is 88.9 cm³/mol. The average Bonchev–Trinajstić information content (AvgIpc) is 3.38. The van der Waals surface area contributed by atoms with Gasteiger partial charge in [0.15, 0.2) is 12.2 Å². The number of esters is 1. The van der Waals surface area contributed by atoms with Gasteiger partial charge in [0.1, 0.15) is 11.1 Å². The van der Waals surface area contributed by atoms with Crippen LogP contribution >= 0.6 is 0 Å². The second-order valence-corrected chi connectivity index (χ2v) is 6.10. The maximum Gasteiger partial charge on any atom is 0.331 e. The van der Waals surface area contributed by atoms with E-state index in [9.17, 15) is 14.9 Å². The van der Waals surface area contributed by atoms with E-state index < -0.39 is 24.0 Å². The molecule has 7 heteroatoms. The average molecular weight is 339 g/mol. The number of carbonyl (C=O) groups is 2. The minimum absolute atomic E-state index is 0.163. The number of oxazole rings is 1. The number of carbonyl (C=O) groups excluding carboxylic acids is 2. The Morgan fingerprint density at radius 1 is 1.48 bits per heavy atom. The molecular formula is C18H17N3O4. The van der Waals surface area contributed by atoms with Crippen LogP contribution in [0.25, 0.3) is 17.2 Å². The van der Waals surface area contributed by atoms with Crippen molar-refractivity contribution in [2.24, 2.45) is 5.92 Å². The van der Waals surface area contributed by atoms with E-state index in [0.29, 0.717) is 11.1 Å². The zero-order valence-corrected chi connectivity index (χ0v) is 13.7. The van der Waals surface area contributed by atoms with E-state index in [1.54, 1.807) is 19.1 Å². The van der Waals surface area contributed by atoms with Gasteiger partial charge >= 0.3 is 5.97 Å². The molecule has 0 bridgehead atoms. The molecule has 1 amide bonds. The van der Waals surface area contributed by atoms with Crippen molar-refractivity contribution >= 4 is 29.1 Å².